The first-order valence-corrected chi connectivity index (χ1v) is 6.43. The minimum absolute atomic E-state index is 0.209. The molecule has 0 aliphatic heterocycles. The largest absolute Gasteiger partial charge is 0.481 e. The first kappa shape index (κ1) is 14.5. The second-order valence-electron chi connectivity index (χ2n) is 5.82. The molecule has 0 aromatic carbocycles. The van der Waals surface area contributed by atoms with Gasteiger partial charge in [0.1, 0.15) is 6.04 Å². The summed E-state index contributed by atoms with van der Waals surface area (Å²) in [7, 11) is 3.39. The van der Waals surface area contributed by atoms with Crippen molar-refractivity contribution < 1.29 is 9.26 Å². The highest BCUT2D eigenvalue weighted by molar-refractivity contribution is 5.37. The van der Waals surface area contributed by atoms with Crippen LogP contribution in [0.3, 0.4) is 0 Å². The molecule has 2 aromatic rings. The van der Waals surface area contributed by atoms with E-state index in [0.717, 1.165) is 11.3 Å². The van der Waals surface area contributed by atoms with Crippen LogP contribution in [0.25, 0.3) is 0 Å². The SMILES string of the molecule is COc1c(C(N)c2noc(C(C)(C)C)n2)c(C)nn1C. The Hall–Kier alpha value is -1.89. The first-order valence-electron chi connectivity index (χ1n) is 6.43. The van der Waals surface area contributed by atoms with Crippen LogP contribution in [0.5, 0.6) is 5.88 Å². The standard InChI is InChI=1S/C13H21N5O2/c1-7-8(11(19-6)18(5)16-7)9(14)10-15-12(20-17-10)13(2,3)4/h9H,14H2,1-6H3. The zero-order valence-corrected chi connectivity index (χ0v) is 12.8. The smallest absolute Gasteiger partial charge is 0.232 e. The van der Waals surface area contributed by atoms with E-state index in [2.05, 4.69) is 15.2 Å². The number of nitrogens with zero attached hydrogens (tertiary/aromatic N) is 4. The van der Waals surface area contributed by atoms with Crippen LogP contribution < -0.4 is 10.5 Å². The van der Waals surface area contributed by atoms with Crippen LogP contribution in [0, 0.1) is 6.92 Å². The summed E-state index contributed by atoms with van der Waals surface area (Å²) >= 11 is 0. The molecule has 2 N–H and O–H groups in total. The van der Waals surface area contributed by atoms with Gasteiger partial charge in [0, 0.05) is 12.5 Å². The maximum absolute atomic E-state index is 6.25. The zero-order chi connectivity index (χ0) is 15.1. The highest BCUT2D eigenvalue weighted by Crippen LogP contribution is 2.30. The molecule has 2 heterocycles. The van der Waals surface area contributed by atoms with Crippen molar-refractivity contribution >= 4 is 0 Å². The van der Waals surface area contributed by atoms with Crippen molar-refractivity contribution in [2.45, 2.75) is 39.2 Å². The topological polar surface area (TPSA) is 92.0 Å². The Morgan fingerprint density at radius 1 is 1.35 bits per heavy atom. The number of rotatable bonds is 3. The maximum atomic E-state index is 6.25. The molecule has 2 aromatic heterocycles. The lowest BCUT2D eigenvalue weighted by Crippen LogP contribution is -2.17. The molecule has 2 rings (SSSR count). The summed E-state index contributed by atoms with van der Waals surface area (Å²) in [5.41, 5.74) is 7.60. The molecule has 1 unspecified atom stereocenters. The Morgan fingerprint density at radius 2 is 2.00 bits per heavy atom. The highest BCUT2D eigenvalue weighted by Gasteiger charge is 2.28. The van der Waals surface area contributed by atoms with Crippen LogP contribution in [-0.2, 0) is 12.5 Å². The molecule has 0 aliphatic rings. The van der Waals surface area contributed by atoms with Gasteiger partial charge in [-0.3, -0.25) is 0 Å². The summed E-state index contributed by atoms with van der Waals surface area (Å²) in [6, 6.07) is -0.529. The summed E-state index contributed by atoms with van der Waals surface area (Å²) in [5, 5.41) is 8.29. The maximum Gasteiger partial charge on any atom is 0.232 e. The Kier molecular flexibility index (Phi) is 3.56. The predicted octanol–water partition coefficient (Wildman–Crippen LogP) is 1.47. The second-order valence-corrected chi connectivity index (χ2v) is 5.82. The molecular formula is C13H21N5O2. The lowest BCUT2D eigenvalue weighted by Gasteiger charge is -2.11. The predicted molar refractivity (Wildman–Crippen MR) is 73.5 cm³/mol. The van der Waals surface area contributed by atoms with E-state index in [4.69, 9.17) is 15.0 Å². The Bertz CT molecular complexity index is 609. The molecular weight excluding hydrogens is 258 g/mol. The zero-order valence-electron chi connectivity index (χ0n) is 12.8. The van der Waals surface area contributed by atoms with Gasteiger partial charge >= 0.3 is 0 Å². The number of nitrogens with two attached hydrogens (primary N) is 1. The van der Waals surface area contributed by atoms with Crippen molar-refractivity contribution in [3.63, 3.8) is 0 Å². The van der Waals surface area contributed by atoms with E-state index in [1.165, 1.54) is 0 Å². The molecule has 20 heavy (non-hydrogen) atoms. The number of aromatic nitrogens is 4. The molecule has 1 atom stereocenters. The minimum Gasteiger partial charge on any atom is -0.481 e. The van der Waals surface area contributed by atoms with E-state index >= 15 is 0 Å². The van der Waals surface area contributed by atoms with Crippen molar-refractivity contribution in [1.29, 1.82) is 0 Å². The average molecular weight is 279 g/mol. The van der Waals surface area contributed by atoms with Gasteiger partial charge in [-0.25, -0.2) is 4.68 Å². The van der Waals surface area contributed by atoms with E-state index in [9.17, 15) is 0 Å². The van der Waals surface area contributed by atoms with Gasteiger partial charge in [-0.15, -0.1) is 0 Å². The first-order chi connectivity index (χ1) is 9.25. The molecule has 0 radical (unpaired) electrons. The number of aryl methyl sites for hydroxylation is 2. The lowest BCUT2D eigenvalue weighted by atomic mass is 9.97. The average Bonchev–Trinajstić information content (AvgIpc) is 2.92. The quantitative estimate of drug-likeness (QED) is 0.914. The van der Waals surface area contributed by atoms with Gasteiger partial charge in [-0.2, -0.15) is 10.1 Å². The van der Waals surface area contributed by atoms with Gasteiger partial charge in [0.15, 0.2) is 5.82 Å². The Morgan fingerprint density at radius 3 is 2.50 bits per heavy atom. The van der Waals surface area contributed by atoms with E-state index < -0.39 is 6.04 Å². The van der Waals surface area contributed by atoms with Gasteiger partial charge in [0.25, 0.3) is 0 Å². The molecule has 110 valence electrons. The van der Waals surface area contributed by atoms with Crippen molar-refractivity contribution in [2.24, 2.45) is 12.8 Å². The van der Waals surface area contributed by atoms with Crippen molar-refractivity contribution in [3.05, 3.63) is 23.0 Å². The molecule has 7 heteroatoms. The fraction of sp³-hybridized carbons (Fsp3) is 0.615. The highest BCUT2D eigenvalue weighted by atomic mass is 16.5. The molecule has 0 aliphatic carbocycles. The van der Waals surface area contributed by atoms with Gasteiger partial charge in [0.2, 0.25) is 11.8 Å². The molecule has 0 saturated heterocycles. The van der Waals surface area contributed by atoms with Gasteiger partial charge in [-0.05, 0) is 6.92 Å². The second kappa shape index (κ2) is 4.90. The summed E-state index contributed by atoms with van der Waals surface area (Å²) in [4.78, 5) is 4.39. The lowest BCUT2D eigenvalue weighted by molar-refractivity contribution is 0.317. The van der Waals surface area contributed by atoms with Crippen LogP contribution >= 0.6 is 0 Å². The normalized spacial score (nSPS) is 13.6. The fourth-order valence-electron chi connectivity index (χ4n) is 2.05. The van der Waals surface area contributed by atoms with Crippen LogP contribution in [0.15, 0.2) is 4.52 Å². The van der Waals surface area contributed by atoms with E-state index in [0.29, 0.717) is 17.6 Å². The summed E-state index contributed by atoms with van der Waals surface area (Å²) < 4.78 is 12.3. The van der Waals surface area contributed by atoms with E-state index in [1.54, 1.807) is 18.8 Å². The Balaban J connectivity index is 2.42. The van der Waals surface area contributed by atoms with Crippen LogP contribution in [-0.4, -0.2) is 27.0 Å². The fourth-order valence-corrected chi connectivity index (χ4v) is 2.05. The molecule has 0 spiro atoms. The monoisotopic (exact) mass is 279 g/mol. The third-order valence-corrected chi connectivity index (χ3v) is 3.08. The van der Waals surface area contributed by atoms with Crippen molar-refractivity contribution in [3.8, 4) is 5.88 Å². The molecule has 7 nitrogen and oxygen atoms in total. The minimum atomic E-state index is -0.529. The third kappa shape index (κ3) is 2.40. The summed E-state index contributed by atoms with van der Waals surface area (Å²) in [6.45, 7) is 7.89. The summed E-state index contributed by atoms with van der Waals surface area (Å²) in [5.74, 6) is 1.60. The molecule has 0 fully saturated rings. The van der Waals surface area contributed by atoms with Gasteiger partial charge < -0.3 is 15.0 Å². The van der Waals surface area contributed by atoms with Gasteiger partial charge in [0.05, 0.1) is 18.4 Å². The number of hydrogen-bond acceptors (Lipinski definition) is 6. The number of hydrogen-bond donors (Lipinski definition) is 1. The Labute approximate surface area is 118 Å². The van der Waals surface area contributed by atoms with E-state index in [1.807, 2.05) is 27.7 Å². The van der Waals surface area contributed by atoms with Crippen LogP contribution in [0.2, 0.25) is 0 Å². The van der Waals surface area contributed by atoms with E-state index in [-0.39, 0.29) is 5.41 Å². The van der Waals surface area contributed by atoms with Crippen LogP contribution in [0.1, 0.15) is 49.8 Å². The molecule has 0 bridgehead atoms. The van der Waals surface area contributed by atoms with Gasteiger partial charge in [-0.1, -0.05) is 25.9 Å². The molecule has 0 amide bonds. The van der Waals surface area contributed by atoms with Crippen molar-refractivity contribution in [1.82, 2.24) is 19.9 Å². The summed E-state index contributed by atoms with van der Waals surface area (Å²) in [6.07, 6.45) is 0. The van der Waals surface area contributed by atoms with Crippen LogP contribution in [0.4, 0.5) is 0 Å². The third-order valence-electron chi connectivity index (χ3n) is 3.08. The van der Waals surface area contributed by atoms with Crippen molar-refractivity contribution in [2.75, 3.05) is 7.11 Å². The number of methoxy groups -OCH3 is 1. The number of ether oxygens (including phenoxy) is 1. The molecule has 0 saturated carbocycles.